The summed E-state index contributed by atoms with van der Waals surface area (Å²) in [6, 6.07) is 58.2. The molecule has 0 aliphatic heterocycles. The zero-order chi connectivity index (χ0) is 28.4. The highest BCUT2D eigenvalue weighted by Crippen LogP contribution is 2.38. The van der Waals surface area contributed by atoms with Crippen molar-refractivity contribution < 1.29 is 0 Å². The van der Waals surface area contributed by atoms with Crippen LogP contribution in [0.15, 0.2) is 190 Å². The maximum atomic E-state index is 5.02. The molecule has 0 saturated heterocycles. The van der Waals surface area contributed by atoms with Gasteiger partial charge in [0.2, 0.25) is 0 Å². The van der Waals surface area contributed by atoms with E-state index in [2.05, 4.69) is 146 Å². The first-order valence-electron chi connectivity index (χ1n) is 13.8. The van der Waals surface area contributed by atoms with Crippen LogP contribution in [-0.4, -0.2) is 11.4 Å². The van der Waals surface area contributed by atoms with Gasteiger partial charge in [0.1, 0.15) is 0 Å². The Morgan fingerprint density at radius 2 is 0.571 bits per heavy atom. The lowest BCUT2D eigenvalue weighted by Crippen LogP contribution is -2.02. The molecular formula is C38H28N2S2. The highest BCUT2D eigenvalue weighted by atomic mass is 33.1. The van der Waals surface area contributed by atoms with Gasteiger partial charge in [-0.3, -0.25) is 0 Å². The number of hydrogen-bond donors (Lipinski definition) is 0. The first-order chi connectivity index (χ1) is 20.8. The van der Waals surface area contributed by atoms with E-state index in [1.165, 1.54) is 9.79 Å². The van der Waals surface area contributed by atoms with E-state index in [9.17, 15) is 0 Å². The van der Waals surface area contributed by atoms with E-state index in [-0.39, 0.29) is 0 Å². The summed E-state index contributed by atoms with van der Waals surface area (Å²) >= 11 is 0. The Hall–Kier alpha value is -4.64. The van der Waals surface area contributed by atoms with Crippen molar-refractivity contribution in [3.8, 4) is 0 Å². The molecule has 0 N–H and O–H groups in total. The Balaban J connectivity index is 1.15. The number of rotatable bonds is 9. The van der Waals surface area contributed by atoms with Crippen LogP contribution in [0.2, 0.25) is 0 Å². The van der Waals surface area contributed by atoms with Crippen LogP contribution in [0.1, 0.15) is 22.3 Å². The van der Waals surface area contributed by atoms with Gasteiger partial charge in [0, 0.05) is 32.0 Å². The van der Waals surface area contributed by atoms with Crippen molar-refractivity contribution in [3.63, 3.8) is 0 Å². The van der Waals surface area contributed by atoms with E-state index < -0.39 is 0 Å². The molecule has 0 aliphatic carbocycles. The SMILES string of the molecule is c1ccc(C(=Nc2ccc(SSc3ccc(N=C(c4ccccc4)c4ccccc4)cc3)cc2)c2ccccc2)cc1. The van der Waals surface area contributed by atoms with Gasteiger partial charge < -0.3 is 0 Å². The van der Waals surface area contributed by atoms with E-state index in [1.807, 2.05) is 24.3 Å². The maximum Gasteiger partial charge on any atom is 0.0781 e. The molecule has 202 valence electrons. The van der Waals surface area contributed by atoms with Crippen LogP contribution in [-0.2, 0) is 0 Å². The van der Waals surface area contributed by atoms with Crippen LogP contribution in [0.3, 0.4) is 0 Å². The summed E-state index contributed by atoms with van der Waals surface area (Å²) in [5, 5.41) is 0. The number of aliphatic imine (C=N–C) groups is 2. The van der Waals surface area contributed by atoms with Gasteiger partial charge in [-0.1, -0.05) is 143 Å². The fraction of sp³-hybridized carbons (Fsp3) is 0. The zero-order valence-electron chi connectivity index (χ0n) is 22.9. The van der Waals surface area contributed by atoms with Gasteiger partial charge in [-0.15, -0.1) is 0 Å². The Labute approximate surface area is 255 Å². The summed E-state index contributed by atoms with van der Waals surface area (Å²) in [5.41, 5.74) is 8.21. The van der Waals surface area contributed by atoms with Gasteiger partial charge in [0.05, 0.1) is 22.8 Å². The smallest absolute Gasteiger partial charge is 0.0781 e. The molecule has 0 aromatic heterocycles. The monoisotopic (exact) mass is 576 g/mol. The fourth-order valence-electron chi connectivity index (χ4n) is 4.48. The third kappa shape index (κ3) is 7.16. The van der Waals surface area contributed by atoms with Gasteiger partial charge in [-0.25, -0.2) is 9.98 Å². The summed E-state index contributed by atoms with van der Waals surface area (Å²) in [4.78, 5) is 12.4. The molecule has 0 unspecified atom stereocenters. The normalized spacial score (nSPS) is 10.6. The van der Waals surface area contributed by atoms with E-state index in [4.69, 9.17) is 9.98 Å². The standard InChI is InChI=1S/C38H28N2S2/c1-5-13-29(14-6-1)37(30-15-7-2-8-16-30)39-33-21-25-35(26-22-33)41-42-36-27-23-34(24-28-36)40-38(31-17-9-3-10-18-31)32-19-11-4-12-20-32/h1-28H. The van der Waals surface area contributed by atoms with Crippen molar-refractivity contribution in [2.45, 2.75) is 9.79 Å². The third-order valence-corrected chi connectivity index (χ3v) is 9.00. The minimum Gasteiger partial charge on any atom is -0.248 e. The molecule has 0 spiro atoms. The van der Waals surface area contributed by atoms with Crippen molar-refractivity contribution in [2.75, 3.05) is 0 Å². The molecule has 6 rings (SSSR count). The van der Waals surface area contributed by atoms with Crippen LogP contribution in [0.5, 0.6) is 0 Å². The van der Waals surface area contributed by atoms with Crippen molar-refractivity contribution in [1.29, 1.82) is 0 Å². The summed E-state index contributed by atoms with van der Waals surface area (Å²) in [7, 11) is 3.48. The summed E-state index contributed by atoms with van der Waals surface area (Å²) in [6.07, 6.45) is 0. The van der Waals surface area contributed by atoms with Crippen LogP contribution >= 0.6 is 21.6 Å². The van der Waals surface area contributed by atoms with Crippen LogP contribution < -0.4 is 0 Å². The quantitative estimate of drug-likeness (QED) is 0.126. The van der Waals surface area contributed by atoms with Crippen LogP contribution in [0.25, 0.3) is 0 Å². The van der Waals surface area contributed by atoms with Crippen molar-refractivity contribution >= 4 is 44.4 Å². The summed E-state index contributed by atoms with van der Waals surface area (Å²) in [6.45, 7) is 0. The molecule has 0 radical (unpaired) electrons. The van der Waals surface area contributed by atoms with Crippen LogP contribution in [0, 0.1) is 0 Å². The molecule has 6 aromatic rings. The Morgan fingerprint density at radius 3 is 0.833 bits per heavy atom. The minimum atomic E-state index is 0.932. The Morgan fingerprint density at radius 1 is 0.310 bits per heavy atom. The molecule has 0 amide bonds. The predicted octanol–water partition coefficient (Wildman–Crippen LogP) is 10.8. The lowest BCUT2D eigenvalue weighted by Gasteiger charge is -2.09. The number of nitrogens with zero attached hydrogens (tertiary/aromatic N) is 2. The summed E-state index contributed by atoms with van der Waals surface area (Å²) < 4.78 is 0. The minimum absolute atomic E-state index is 0.932. The highest BCUT2D eigenvalue weighted by Gasteiger charge is 2.08. The first-order valence-corrected chi connectivity index (χ1v) is 15.9. The Kier molecular flexibility index (Phi) is 9.06. The van der Waals surface area contributed by atoms with Crippen LogP contribution in [0.4, 0.5) is 11.4 Å². The van der Waals surface area contributed by atoms with Gasteiger partial charge in [0.25, 0.3) is 0 Å². The molecular weight excluding hydrogens is 549 g/mol. The van der Waals surface area contributed by atoms with Crippen molar-refractivity contribution in [3.05, 3.63) is 192 Å². The molecule has 42 heavy (non-hydrogen) atoms. The van der Waals surface area contributed by atoms with Gasteiger partial charge in [-0.05, 0) is 48.5 Å². The van der Waals surface area contributed by atoms with E-state index in [0.717, 1.165) is 45.1 Å². The molecule has 0 atom stereocenters. The second kappa shape index (κ2) is 13.8. The highest BCUT2D eigenvalue weighted by molar-refractivity contribution is 8.76. The lowest BCUT2D eigenvalue weighted by atomic mass is 10.0. The van der Waals surface area contributed by atoms with Gasteiger partial charge in [0.15, 0.2) is 0 Å². The zero-order valence-corrected chi connectivity index (χ0v) is 24.5. The largest absolute Gasteiger partial charge is 0.248 e. The van der Waals surface area contributed by atoms with Gasteiger partial charge in [-0.2, -0.15) is 0 Å². The van der Waals surface area contributed by atoms with E-state index >= 15 is 0 Å². The fourth-order valence-corrected chi connectivity index (χ4v) is 6.41. The van der Waals surface area contributed by atoms with Crippen molar-refractivity contribution in [2.24, 2.45) is 9.98 Å². The molecule has 0 heterocycles. The average Bonchev–Trinajstić information content (AvgIpc) is 3.08. The molecule has 0 bridgehead atoms. The number of benzene rings is 6. The third-order valence-electron chi connectivity index (χ3n) is 6.58. The topological polar surface area (TPSA) is 24.7 Å². The molecule has 0 saturated carbocycles. The summed E-state index contributed by atoms with van der Waals surface area (Å²) in [5.74, 6) is 0. The number of hydrogen-bond acceptors (Lipinski definition) is 4. The van der Waals surface area contributed by atoms with E-state index in [0.29, 0.717) is 0 Å². The van der Waals surface area contributed by atoms with Gasteiger partial charge >= 0.3 is 0 Å². The second-order valence-corrected chi connectivity index (χ2v) is 11.8. The molecule has 4 heteroatoms. The molecule has 6 aromatic carbocycles. The average molecular weight is 577 g/mol. The lowest BCUT2D eigenvalue weighted by molar-refractivity contribution is 1.41. The van der Waals surface area contributed by atoms with E-state index in [1.54, 1.807) is 21.6 Å². The Bertz CT molecular complexity index is 1550. The first kappa shape index (κ1) is 27.5. The predicted molar refractivity (Wildman–Crippen MR) is 181 cm³/mol. The molecule has 0 fully saturated rings. The molecule has 2 nitrogen and oxygen atoms in total. The van der Waals surface area contributed by atoms with Crippen molar-refractivity contribution in [1.82, 2.24) is 0 Å². The second-order valence-electron chi connectivity index (χ2n) is 9.54. The maximum absolute atomic E-state index is 5.02. The molecule has 0 aliphatic rings.